The van der Waals surface area contributed by atoms with Crippen molar-refractivity contribution in [1.29, 1.82) is 0 Å². The van der Waals surface area contributed by atoms with Gasteiger partial charge in [-0.3, -0.25) is 0 Å². The molecule has 3 fully saturated rings. The maximum absolute atomic E-state index is 6.60. The summed E-state index contributed by atoms with van der Waals surface area (Å²) in [5, 5.41) is 0. The third-order valence-corrected chi connectivity index (χ3v) is 11.3. The molecular formula is C33H56O2. The van der Waals surface area contributed by atoms with E-state index in [0.717, 1.165) is 48.2 Å². The van der Waals surface area contributed by atoms with Gasteiger partial charge in [-0.05, 0) is 104 Å². The fourth-order valence-corrected chi connectivity index (χ4v) is 9.24. The lowest BCUT2D eigenvalue weighted by atomic mass is 9.47. The van der Waals surface area contributed by atoms with Gasteiger partial charge < -0.3 is 9.47 Å². The summed E-state index contributed by atoms with van der Waals surface area (Å²) >= 11 is 0. The number of hydrogen-bond donors (Lipinski definition) is 0. The number of fused-ring (bicyclic) bond motifs is 5. The molecule has 7 atom stereocenters. The third-order valence-electron chi connectivity index (χ3n) is 11.3. The molecular weight excluding hydrogens is 428 g/mol. The molecule has 2 heteroatoms. The number of hydrogen-bond acceptors (Lipinski definition) is 2. The van der Waals surface area contributed by atoms with Crippen LogP contribution in [0.15, 0.2) is 23.0 Å². The first-order valence-electron chi connectivity index (χ1n) is 15.3. The monoisotopic (exact) mass is 484 g/mol. The van der Waals surface area contributed by atoms with Crippen LogP contribution < -0.4 is 0 Å². The minimum atomic E-state index is 0.350. The molecule has 3 saturated carbocycles. The topological polar surface area (TPSA) is 18.5 Å². The lowest BCUT2D eigenvalue weighted by molar-refractivity contribution is -0.0537. The van der Waals surface area contributed by atoms with E-state index >= 15 is 0 Å². The van der Waals surface area contributed by atoms with Gasteiger partial charge in [0, 0.05) is 20.0 Å². The molecule has 0 radical (unpaired) electrons. The smallest absolute Gasteiger partial charge is 0.102 e. The van der Waals surface area contributed by atoms with Crippen LogP contribution in [-0.2, 0) is 9.47 Å². The number of methoxy groups -OCH3 is 1. The van der Waals surface area contributed by atoms with E-state index in [1.807, 2.05) is 0 Å². The Bertz CT molecular complexity index is 778. The molecule has 0 saturated heterocycles. The number of ether oxygens (including phenoxy) is 2. The Hall–Kier alpha value is -0.760. The molecule has 2 nitrogen and oxygen atoms in total. The lowest BCUT2D eigenvalue weighted by Crippen LogP contribution is -2.50. The Labute approximate surface area is 217 Å². The fourth-order valence-electron chi connectivity index (χ4n) is 9.24. The second-order valence-corrected chi connectivity index (χ2v) is 13.7. The first-order valence-corrected chi connectivity index (χ1v) is 15.3. The van der Waals surface area contributed by atoms with E-state index in [9.17, 15) is 0 Å². The summed E-state index contributed by atoms with van der Waals surface area (Å²) in [6.45, 7) is 15.2. The van der Waals surface area contributed by atoms with Crippen molar-refractivity contribution in [3.8, 4) is 0 Å². The SMILES string of the molecule is CCC(OC1CCC2(C)C(=CCC3C2CCC2(C)C(CCCCC(C)C)CCC32)C1)=C(C)COC. The van der Waals surface area contributed by atoms with Crippen molar-refractivity contribution in [2.45, 2.75) is 131 Å². The molecule has 0 aliphatic heterocycles. The Balaban J connectivity index is 1.42. The summed E-state index contributed by atoms with van der Waals surface area (Å²) < 4.78 is 12.0. The van der Waals surface area contributed by atoms with Crippen LogP contribution in [0.2, 0.25) is 0 Å². The third kappa shape index (κ3) is 5.44. The van der Waals surface area contributed by atoms with Gasteiger partial charge in [-0.2, -0.15) is 0 Å². The van der Waals surface area contributed by atoms with E-state index in [1.54, 1.807) is 12.7 Å². The molecule has 4 aliphatic rings. The van der Waals surface area contributed by atoms with E-state index in [4.69, 9.17) is 9.47 Å². The zero-order valence-corrected chi connectivity index (χ0v) is 24.3. The zero-order chi connectivity index (χ0) is 25.2. The maximum atomic E-state index is 6.60. The van der Waals surface area contributed by atoms with Crippen LogP contribution >= 0.6 is 0 Å². The molecule has 0 amide bonds. The summed E-state index contributed by atoms with van der Waals surface area (Å²) in [5.74, 6) is 5.80. The van der Waals surface area contributed by atoms with Crippen molar-refractivity contribution in [2.75, 3.05) is 13.7 Å². The highest BCUT2D eigenvalue weighted by Gasteiger charge is 2.58. The highest BCUT2D eigenvalue weighted by atomic mass is 16.5. The number of unbranched alkanes of at least 4 members (excludes halogenated alkanes) is 1. The molecule has 7 unspecified atom stereocenters. The highest BCUT2D eigenvalue weighted by Crippen LogP contribution is 2.66. The largest absolute Gasteiger partial charge is 0.494 e. The van der Waals surface area contributed by atoms with Crippen LogP contribution in [0.5, 0.6) is 0 Å². The average molecular weight is 485 g/mol. The first kappa shape index (κ1) is 27.3. The highest BCUT2D eigenvalue weighted by molar-refractivity contribution is 5.26. The molecule has 4 rings (SSSR count). The van der Waals surface area contributed by atoms with Crippen LogP contribution in [0.25, 0.3) is 0 Å². The van der Waals surface area contributed by atoms with Crippen molar-refractivity contribution in [2.24, 2.45) is 40.4 Å². The van der Waals surface area contributed by atoms with E-state index in [0.29, 0.717) is 23.5 Å². The average Bonchev–Trinajstić information content (AvgIpc) is 3.16. The van der Waals surface area contributed by atoms with Gasteiger partial charge in [0.15, 0.2) is 0 Å². The number of rotatable bonds is 10. The molecule has 35 heavy (non-hydrogen) atoms. The Kier molecular flexibility index (Phi) is 8.82. The standard InChI is InChI=1S/C33H56O2/c1-8-31(24(4)22-34-7)35-27-17-19-33(6)26(21-27)13-15-28-29-16-14-25(12-10-9-11-23(2)3)32(29,5)20-18-30(28)33/h13,23,25,27-30H,8-12,14-22H2,1-7H3. The molecule has 0 aromatic carbocycles. The molecule has 4 aliphatic carbocycles. The molecule has 200 valence electrons. The van der Waals surface area contributed by atoms with Crippen LogP contribution in [0.3, 0.4) is 0 Å². The molecule has 0 aromatic heterocycles. The summed E-state index contributed by atoms with van der Waals surface area (Å²) in [6.07, 6.45) is 20.8. The van der Waals surface area contributed by atoms with Gasteiger partial charge in [-0.1, -0.05) is 65.5 Å². The predicted octanol–water partition coefficient (Wildman–Crippen LogP) is 9.50. The van der Waals surface area contributed by atoms with Crippen molar-refractivity contribution < 1.29 is 9.47 Å². The van der Waals surface area contributed by atoms with E-state index in [-0.39, 0.29) is 0 Å². The Morgan fingerprint density at radius 3 is 2.57 bits per heavy atom. The summed E-state index contributed by atoms with van der Waals surface area (Å²) in [5.41, 5.74) is 4.02. The van der Waals surface area contributed by atoms with E-state index < -0.39 is 0 Å². The van der Waals surface area contributed by atoms with Gasteiger partial charge in [0.1, 0.15) is 6.10 Å². The van der Waals surface area contributed by atoms with Crippen LogP contribution in [0.4, 0.5) is 0 Å². The molecule has 0 aromatic rings. The van der Waals surface area contributed by atoms with Crippen LogP contribution in [-0.4, -0.2) is 19.8 Å². The zero-order valence-electron chi connectivity index (χ0n) is 24.3. The molecule has 0 bridgehead atoms. The summed E-state index contributed by atoms with van der Waals surface area (Å²) in [6, 6.07) is 0. The fraction of sp³-hybridized carbons (Fsp3) is 0.879. The van der Waals surface area contributed by atoms with Crippen molar-refractivity contribution >= 4 is 0 Å². The quantitative estimate of drug-likeness (QED) is 0.175. The van der Waals surface area contributed by atoms with Gasteiger partial charge >= 0.3 is 0 Å². The number of allylic oxidation sites excluding steroid dienone is 2. The summed E-state index contributed by atoms with van der Waals surface area (Å²) in [7, 11) is 1.78. The van der Waals surface area contributed by atoms with Crippen molar-refractivity contribution in [3.05, 3.63) is 23.0 Å². The van der Waals surface area contributed by atoms with Gasteiger partial charge in [-0.15, -0.1) is 0 Å². The normalized spacial score (nSPS) is 39.4. The lowest BCUT2D eigenvalue weighted by Gasteiger charge is -2.58. The Morgan fingerprint density at radius 2 is 1.86 bits per heavy atom. The van der Waals surface area contributed by atoms with Gasteiger partial charge in [0.2, 0.25) is 0 Å². The minimum Gasteiger partial charge on any atom is -0.494 e. The molecule has 0 heterocycles. The second-order valence-electron chi connectivity index (χ2n) is 13.7. The Morgan fingerprint density at radius 1 is 1.06 bits per heavy atom. The van der Waals surface area contributed by atoms with Gasteiger partial charge in [-0.25, -0.2) is 0 Å². The maximum Gasteiger partial charge on any atom is 0.102 e. The summed E-state index contributed by atoms with van der Waals surface area (Å²) in [4.78, 5) is 0. The van der Waals surface area contributed by atoms with Crippen molar-refractivity contribution in [3.63, 3.8) is 0 Å². The predicted molar refractivity (Wildman–Crippen MR) is 148 cm³/mol. The van der Waals surface area contributed by atoms with Crippen LogP contribution in [0, 0.1) is 40.4 Å². The van der Waals surface area contributed by atoms with Gasteiger partial charge in [0.25, 0.3) is 0 Å². The molecule has 0 N–H and O–H groups in total. The van der Waals surface area contributed by atoms with E-state index in [1.165, 1.54) is 76.2 Å². The minimum absolute atomic E-state index is 0.350. The van der Waals surface area contributed by atoms with Crippen LogP contribution in [0.1, 0.15) is 125 Å². The van der Waals surface area contributed by atoms with Crippen molar-refractivity contribution in [1.82, 2.24) is 0 Å². The molecule has 0 spiro atoms. The van der Waals surface area contributed by atoms with E-state index in [2.05, 4.69) is 47.6 Å². The van der Waals surface area contributed by atoms with Gasteiger partial charge in [0.05, 0.1) is 12.4 Å². The first-order chi connectivity index (χ1) is 16.7. The second kappa shape index (κ2) is 11.3.